The first-order valence-electron chi connectivity index (χ1n) is 9.02. The Balaban J connectivity index is 1.28. The van der Waals surface area contributed by atoms with Crippen LogP contribution in [-0.4, -0.2) is 35.2 Å². The Morgan fingerprint density at radius 3 is 2.52 bits per heavy atom. The molecule has 1 saturated heterocycles. The third kappa shape index (κ3) is 4.34. The minimum atomic E-state index is -0.480. The average Bonchev–Trinajstić information content (AvgIpc) is 2.72. The van der Waals surface area contributed by atoms with Crippen LogP contribution in [0.5, 0.6) is 11.6 Å². The molecule has 1 aromatic heterocycles. The topological polar surface area (TPSA) is 91.3 Å². The molecule has 0 atom stereocenters. The summed E-state index contributed by atoms with van der Waals surface area (Å²) in [4.78, 5) is 17.8. The minimum Gasteiger partial charge on any atom is -0.630 e. The summed E-state index contributed by atoms with van der Waals surface area (Å²) < 4.78 is 24.8. The first kappa shape index (κ1) is 18.9. The Kier molecular flexibility index (Phi) is 5.37. The molecule has 0 spiro atoms. The van der Waals surface area contributed by atoms with Crippen molar-refractivity contribution in [2.45, 2.75) is 6.10 Å². The van der Waals surface area contributed by atoms with Gasteiger partial charge in [0, 0.05) is 35.5 Å². The van der Waals surface area contributed by atoms with E-state index in [1.54, 1.807) is 60.8 Å². The van der Waals surface area contributed by atoms with Crippen LogP contribution in [0.1, 0.15) is 0 Å². The molecule has 2 heterocycles. The molecule has 0 bridgehead atoms. The molecule has 2 N–H and O–H groups in total. The second-order valence-corrected chi connectivity index (χ2v) is 6.56. The first-order chi connectivity index (χ1) is 14.1. The van der Waals surface area contributed by atoms with Gasteiger partial charge in [-0.05, 0) is 24.3 Å². The molecule has 29 heavy (non-hydrogen) atoms. The summed E-state index contributed by atoms with van der Waals surface area (Å²) in [5, 5.41) is 10.6. The minimum absolute atomic E-state index is 0.188. The molecular weight excluding hydrogens is 377 g/mol. The summed E-state index contributed by atoms with van der Waals surface area (Å²) in [6.45, 7) is 0.754. The number of rotatable bonds is 5. The summed E-state index contributed by atoms with van der Waals surface area (Å²) in [7, 11) is 0. The fourth-order valence-corrected chi connectivity index (χ4v) is 2.92. The Morgan fingerprint density at radius 1 is 1.10 bits per heavy atom. The Bertz CT molecular complexity index is 990. The van der Waals surface area contributed by atoms with Gasteiger partial charge in [-0.15, -0.1) is 0 Å². The fourth-order valence-electron chi connectivity index (χ4n) is 2.92. The number of aromatic nitrogens is 1. The van der Waals surface area contributed by atoms with Gasteiger partial charge in [-0.25, -0.2) is 14.2 Å². The zero-order valence-electron chi connectivity index (χ0n) is 15.3. The monoisotopic (exact) mass is 395 g/mol. The largest absolute Gasteiger partial charge is 0.630 e. The molecule has 0 unspecified atom stereocenters. The normalized spacial score (nSPS) is 13.7. The van der Waals surface area contributed by atoms with E-state index in [1.807, 2.05) is 0 Å². The molecular formula is C21H18FN3O4. The molecule has 7 nitrogen and oxygen atoms in total. The number of ether oxygens (including phenoxy) is 2. The molecule has 1 amide bonds. The molecule has 3 aromatic rings. The van der Waals surface area contributed by atoms with Crippen LogP contribution in [0.15, 0.2) is 66.9 Å². The summed E-state index contributed by atoms with van der Waals surface area (Å²) in [5.41, 5.74) is 2.37. The molecule has 1 aliphatic rings. The van der Waals surface area contributed by atoms with Crippen LogP contribution in [0.25, 0.3) is 11.1 Å². The van der Waals surface area contributed by atoms with Gasteiger partial charge in [0.05, 0.1) is 13.1 Å². The standard InChI is InChI=1S/C21H18FN3O4/c22-19-4-2-1-3-18(19)14-5-10-20(23-11-14)28-17-12-25(13-17)21(26)29-16-8-6-15(24-27)7-9-16/h1-11,17H,12-13,24H2. The summed E-state index contributed by atoms with van der Waals surface area (Å²) in [5.74, 6) is 0.472. The zero-order valence-corrected chi connectivity index (χ0v) is 15.3. The maximum Gasteiger partial charge on any atom is 0.415 e. The second kappa shape index (κ2) is 8.26. The molecule has 2 aromatic carbocycles. The predicted octanol–water partition coefficient (Wildman–Crippen LogP) is 2.84. The highest BCUT2D eigenvalue weighted by Gasteiger charge is 2.34. The Hall–Kier alpha value is -3.49. The zero-order chi connectivity index (χ0) is 20.2. The van der Waals surface area contributed by atoms with Gasteiger partial charge in [0.25, 0.3) is 0 Å². The number of likely N-dealkylation sites (tertiary alicyclic amines) is 1. The number of nitrogens with two attached hydrogens (primary N) is 1. The highest BCUT2D eigenvalue weighted by Crippen LogP contribution is 2.24. The summed E-state index contributed by atoms with van der Waals surface area (Å²) >= 11 is 0. The van der Waals surface area contributed by atoms with Gasteiger partial charge in [-0.3, -0.25) is 0 Å². The predicted molar refractivity (Wildman–Crippen MR) is 103 cm³/mol. The average molecular weight is 395 g/mol. The van der Waals surface area contributed by atoms with E-state index < -0.39 is 6.09 Å². The highest BCUT2D eigenvalue weighted by atomic mass is 19.1. The van der Waals surface area contributed by atoms with Gasteiger partial charge in [0.1, 0.15) is 23.4 Å². The van der Waals surface area contributed by atoms with Crippen molar-refractivity contribution in [1.82, 2.24) is 9.88 Å². The van der Waals surface area contributed by atoms with Gasteiger partial charge in [0.2, 0.25) is 5.88 Å². The van der Waals surface area contributed by atoms with Crippen LogP contribution >= 0.6 is 0 Å². The van der Waals surface area contributed by atoms with Crippen molar-refractivity contribution >= 4 is 11.8 Å². The third-order valence-corrected chi connectivity index (χ3v) is 4.54. The van der Waals surface area contributed by atoms with Crippen molar-refractivity contribution in [3.05, 3.63) is 77.9 Å². The van der Waals surface area contributed by atoms with Crippen LogP contribution in [0, 0.1) is 11.0 Å². The van der Waals surface area contributed by atoms with Gasteiger partial charge in [-0.1, -0.05) is 18.2 Å². The quantitative estimate of drug-likeness (QED) is 0.530. The van der Waals surface area contributed by atoms with Gasteiger partial charge in [-0.2, -0.15) is 0 Å². The lowest BCUT2D eigenvalue weighted by molar-refractivity contribution is -0.497. The van der Waals surface area contributed by atoms with Gasteiger partial charge < -0.3 is 25.1 Å². The van der Waals surface area contributed by atoms with E-state index in [9.17, 15) is 14.4 Å². The maximum atomic E-state index is 13.8. The lowest BCUT2D eigenvalue weighted by atomic mass is 10.1. The number of hydrogen-bond donors (Lipinski definition) is 1. The summed E-state index contributed by atoms with van der Waals surface area (Å²) in [6.07, 6.45) is 0.889. The molecule has 0 saturated carbocycles. The number of carbonyl (C=O) groups excluding carboxylic acids is 1. The number of carbonyl (C=O) groups is 1. The molecule has 4 rings (SSSR count). The van der Waals surface area contributed by atoms with Crippen LogP contribution < -0.4 is 15.0 Å². The fraction of sp³-hybridized carbons (Fsp3) is 0.143. The number of quaternary nitrogens is 1. The Morgan fingerprint density at radius 2 is 1.86 bits per heavy atom. The van der Waals surface area contributed by atoms with E-state index in [0.717, 1.165) is 5.48 Å². The lowest BCUT2D eigenvalue weighted by Crippen LogP contribution is -2.70. The van der Waals surface area contributed by atoms with Crippen LogP contribution in [0.4, 0.5) is 14.9 Å². The van der Waals surface area contributed by atoms with Crippen molar-refractivity contribution in [2.24, 2.45) is 0 Å². The van der Waals surface area contributed by atoms with Crippen molar-refractivity contribution < 1.29 is 24.1 Å². The molecule has 148 valence electrons. The SMILES string of the molecule is O=C(Oc1ccc([NH2+][O-])cc1)N1CC(Oc2ccc(-c3ccccc3F)cn2)C1. The van der Waals surface area contributed by atoms with Crippen LogP contribution in [-0.2, 0) is 0 Å². The number of benzene rings is 2. The molecule has 0 aliphatic carbocycles. The maximum absolute atomic E-state index is 13.8. The Labute approximate surface area is 166 Å². The molecule has 8 heteroatoms. The van der Waals surface area contributed by atoms with Crippen LogP contribution in [0.2, 0.25) is 0 Å². The van der Waals surface area contributed by atoms with Crippen LogP contribution in [0.3, 0.4) is 0 Å². The molecule has 1 fully saturated rings. The van der Waals surface area contributed by atoms with E-state index in [1.165, 1.54) is 11.0 Å². The van der Waals surface area contributed by atoms with Crippen molar-refractivity contribution in [2.75, 3.05) is 13.1 Å². The van der Waals surface area contributed by atoms with Gasteiger partial charge >= 0.3 is 6.09 Å². The van der Waals surface area contributed by atoms with E-state index in [0.29, 0.717) is 41.5 Å². The first-order valence-corrected chi connectivity index (χ1v) is 9.02. The van der Waals surface area contributed by atoms with Crippen molar-refractivity contribution in [3.8, 4) is 22.8 Å². The van der Waals surface area contributed by atoms with Crippen molar-refractivity contribution in [1.29, 1.82) is 0 Å². The highest BCUT2D eigenvalue weighted by molar-refractivity contribution is 5.72. The number of amides is 1. The third-order valence-electron chi connectivity index (χ3n) is 4.54. The molecule has 1 aliphatic heterocycles. The van der Waals surface area contributed by atoms with E-state index in [4.69, 9.17) is 9.47 Å². The number of halogens is 1. The summed E-state index contributed by atoms with van der Waals surface area (Å²) in [6, 6.07) is 16.2. The van der Waals surface area contributed by atoms with E-state index in [2.05, 4.69) is 4.98 Å². The van der Waals surface area contributed by atoms with Gasteiger partial charge in [0.15, 0.2) is 0 Å². The van der Waals surface area contributed by atoms with Crippen molar-refractivity contribution in [3.63, 3.8) is 0 Å². The number of pyridine rings is 1. The van der Waals surface area contributed by atoms with E-state index in [-0.39, 0.29) is 11.9 Å². The number of hydrogen-bond acceptors (Lipinski definition) is 5. The number of nitrogens with zero attached hydrogens (tertiary/aromatic N) is 2. The second-order valence-electron chi connectivity index (χ2n) is 6.56. The smallest absolute Gasteiger partial charge is 0.415 e. The molecule has 0 radical (unpaired) electrons. The lowest BCUT2D eigenvalue weighted by Gasteiger charge is -2.37. The van der Waals surface area contributed by atoms with E-state index >= 15 is 0 Å².